The van der Waals surface area contributed by atoms with E-state index in [4.69, 9.17) is 28.3 Å². The van der Waals surface area contributed by atoms with E-state index in [-0.39, 0.29) is 28.3 Å². The van der Waals surface area contributed by atoms with E-state index in [1.165, 1.54) is 31.4 Å². The average molecular weight is 510 g/mol. The highest BCUT2D eigenvalue weighted by Crippen LogP contribution is 2.58. The molecule has 0 aliphatic heterocycles. The van der Waals surface area contributed by atoms with Crippen molar-refractivity contribution in [3.05, 3.63) is 48.2 Å². The topological polar surface area (TPSA) is 71.4 Å². The third kappa shape index (κ3) is 5.38. The third-order valence-corrected chi connectivity index (χ3v) is 7.93. The van der Waals surface area contributed by atoms with Gasteiger partial charge in [-0.1, -0.05) is 13.8 Å². The zero-order chi connectivity index (χ0) is 27.5. The number of anilines is 1. The summed E-state index contributed by atoms with van der Waals surface area (Å²) in [6.45, 7) is 4.76. The Hall–Kier alpha value is -3.10. The smallest absolute Gasteiger partial charge is 0.216 e. The maximum absolute atomic E-state index is 15.2. The molecule has 2 aliphatic rings. The lowest BCUT2D eigenvalue weighted by Crippen LogP contribution is -2.42. The Morgan fingerprint density at radius 2 is 1.68 bits per heavy atom. The second-order valence-electron chi connectivity index (χ2n) is 11.6. The Bertz CT molecular complexity index is 1350. The molecule has 1 unspecified atom stereocenters. The van der Waals surface area contributed by atoms with Gasteiger partial charge in [-0.05, 0) is 78.1 Å². The van der Waals surface area contributed by atoms with Crippen molar-refractivity contribution in [3.8, 4) is 34.0 Å². The molecule has 0 saturated heterocycles. The van der Waals surface area contributed by atoms with Crippen molar-refractivity contribution in [1.29, 1.82) is 0 Å². The van der Waals surface area contributed by atoms with Crippen LogP contribution in [-0.4, -0.2) is 62.2 Å². The Morgan fingerprint density at radius 3 is 2.29 bits per heavy atom. The summed E-state index contributed by atoms with van der Waals surface area (Å²) in [5, 5.41) is 17.3. The van der Waals surface area contributed by atoms with Crippen LogP contribution in [-0.2, 0) is 0 Å². The van der Waals surface area contributed by atoms with Gasteiger partial charge in [0, 0.05) is 36.3 Å². The van der Waals surface area contributed by atoms with E-state index in [0.717, 1.165) is 30.8 Å². The number of nitrogens with zero attached hydrogens (tertiary/aromatic N) is 4. The molecule has 0 spiro atoms. The molecule has 6 nitrogen and oxygen atoms in total. The monoisotopic (exact) mass is 510 g/mol. The van der Waals surface area contributed by atoms with E-state index in [1.54, 1.807) is 6.07 Å². The standard InChI is InChI=1S/C27H27B3F2N4O2/c1-25-6-7-26(2,14-25)13-16(12-25)36(3)23-5-4-20(34-35-23)18-10-19(31)17(11-21(18)37)15-8-22(32)33-24(9-15)38-27(28,29)30/h4-5,8-11,16,37H,6-7,12-14H2,1-3H3/t16?,25-,26+. The Kier molecular flexibility index (Phi) is 6.47. The number of phenolic OH excluding ortho intramolecular Hbond substituents is 1. The van der Waals surface area contributed by atoms with Crippen LogP contribution in [0.15, 0.2) is 36.4 Å². The fourth-order valence-corrected chi connectivity index (χ4v) is 6.34. The number of phenols is 1. The van der Waals surface area contributed by atoms with E-state index < -0.39 is 17.1 Å². The SMILES string of the molecule is [B]C([B])([B])Oc1cc(-c2cc(O)c(-c3ccc(N(C)C4C[C@]5(C)CC[C@](C)(C4)C5)nn3)cc2F)cc(F)n1. The van der Waals surface area contributed by atoms with Gasteiger partial charge in [-0.25, -0.2) is 4.39 Å². The summed E-state index contributed by atoms with van der Waals surface area (Å²) in [6.07, 6.45) is 6.01. The molecule has 2 aliphatic carbocycles. The molecule has 2 heterocycles. The van der Waals surface area contributed by atoms with Gasteiger partial charge in [-0.2, -0.15) is 9.37 Å². The van der Waals surface area contributed by atoms with Crippen molar-refractivity contribution >= 4 is 29.4 Å². The number of pyridine rings is 1. The first-order valence-corrected chi connectivity index (χ1v) is 12.6. The molecular weight excluding hydrogens is 483 g/mol. The third-order valence-electron chi connectivity index (χ3n) is 7.93. The molecule has 6 radical (unpaired) electrons. The highest BCUT2D eigenvalue weighted by Gasteiger charge is 2.50. The highest BCUT2D eigenvalue weighted by molar-refractivity contribution is 6.58. The van der Waals surface area contributed by atoms with Crippen molar-refractivity contribution in [2.45, 2.75) is 57.3 Å². The van der Waals surface area contributed by atoms with Crippen LogP contribution in [0.1, 0.15) is 46.0 Å². The lowest BCUT2D eigenvalue weighted by atomic mass is 9.52. The van der Waals surface area contributed by atoms with Crippen LogP contribution in [0.2, 0.25) is 0 Å². The fraction of sp³-hybridized carbons (Fsp3) is 0.444. The summed E-state index contributed by atoms with van der Waals surface area (Å²) in [5.74, 6) is -1.57. The molecular formula is C27H27B3F2N4O2. The van der Waals surface area contributed by atoms with Gasteiger partial charge >= 0.3 is 0 Å². The van der Waals surface area contributed by atoms with Crippen LogP contribution in [0.5, 0.6) is 11.6 Å². The van der Waals surface area contributed by atoms with Gasteiger partial charge in [0.25, 0.3) is 0 Å². The largest absolute Gasteiger partial charge is 0.507 e. The second kappa shape index (κ2) is 9.28. The predicted molar refractivity (Wildman–Crippen MR) is 144 cm³/mol. The number of hydrogen-bond donors (Lipinski definition) is 1. The molecule has 2 saturated carbocycles. The summed E-state index contributed by atoms with van der Waals surface area (Å²) in [4.78, 5) is 5.68. The van der Waals surface area contributed by atoms with Gasteiger partial charge in [0.15, 0.2) is 5.82 Å². The Labute approximate surface area is 225 Å². The van der Waals surface area contributed by atoms with Crippen LogP contribution in [0, 0.1) is 22.6 Å². The first-order chi connectivity index (χ1) is 17.7. The van der Waals surface area contributed by atoms with E-state index in [9.17, 15) is 9.50 Å². The molecule has 1 aromatic carbocycles. The number of rotatable bonds is 6. The summed E-state index contributed by atoms with van der Waals surface area (Å²) in [7, 11) is 18.2. The van der Waals surface area contributed by atoms with Crippen molar-refractivity contribution < 1.29 is 18.6 Å². The summed E-state index contributed by atoms with van der Waals surface area (Å²) in [6, 6.07) is 8.39. The number of hydrogen-bond acceptors (Lipinski definition) is 6. The van der Waals surface area contributed by atoms with Crippen LogP contribution >= 0.6 is 0 Å². The summed E-state index contributed by atoms with van der Waals surface area (Å²) < 4.78 is 34.2. The van der Waals surface area contributed by atoms with Crippen LogP contribution in [0.4, 0.5) is 14.6 Å². The van der Waals surface area contributed by atoms with E-state index >= 15 is 4.39 Å². The predicted octanol–water partition coefficient (Wildman–Crippen LogP) is 4.48. The molecule has 11 heteroatoms. The minimum absolute atomic E-state index is 0.0444. The van der Waals surface area contributed by atoms with E-state index in [0.29, 0.717) is 22.6 Å². The molecule has 1 N–H and O–H groups in total. The average Bonchev–Trinajstić information content (AvgIpc) is 3.04. The first-order valence-electron chi connectivity index (χ1n) is 12.6. The molecule has 3 aromatic rings. The molecule has 0 amide bonds. The molecule has 5 rings (SSSR count). The van der Waals surface area contributed by atoms with Crippen LogP contribution in [0.3, 0.4) is 0 Å². The van der Waals surface area contributed by atoms with E-state index in [1.807, 2.05) is 13.1 Å². The molecule has 3 atom stereocenters. The van der Waals surface area contributed by atoms with Crippen molar-refractivity contribution in [2.75, 3.05) is 11.9 Å². The van der Waals surface area contributed by atoms with Crippen molar-refractivity contribution in [2.24, 2.45) is 10.8 Å². The first kappa shape index (κ1) is 26.5. The Morgan fingerprint density at radius 1 is 1.00 bits per heavy atom. The number of fused-ring (bicyclic) bond motifs is 2. The number of aromatic hydroxyl groups is 1. The number of ether oxygens (including phenoxy) is 1. The quantitative estimate of drug-likeness (QED) is 0.390. The molecule has 2 bridgehead atoms. The molecule has 38 heavy (non-hydrogen) atoms. The zero-order valence-electron chi connectivity index (χ0n) is 21.7. The van der Waals surface area contributed by atoms with Gasteiger partial charge in [-0.3, -0.25) is 0 Å². The molecule has 2 fully saturated rings. The normalized spacial score (nSPS) is 24.8. The number of halogens is 2. The van der Waals surface area contributed by atoms with Gasteiger partial charge in [0.1, 0.15) is 35.1 Å². The van der Waals surface area contributed by atoms with E-state index in [2.05, 4.69) is 33.9 Å². The summed E-state index contributed by atoms with van der Waals surface area (Å²) in [5.41, 5.74) is 1.13. The minimum Gasteiger partial charge on any atom is -0.507 e. The zero-order valence-corrected chi connectivity index (χ0v) is 21.7. The van der Waals surface area contributed by atoms with Gasteiger partial charge < -0.3 is 14.7 Å². The maximum Gasteiger partial charge on any atom is 0.216 e. The second-order valence-corrected chi connectivity index (χ2v) is 11.6. The van der Waals surface area contributed by atoms with Crippen LogP contribution in [0.25, 0.3) is 22.4 Å². The fourth-order valence-electron chi connectivity index (χ4n) is 6.34. The van der Waals surface area contributed by atoms with Gasteiger partial charge in [0.05, 0.1) is 5.69 Å². The summed E-state index contributed by atoms with van der Waals surface area (Å²) >= 11 is 0. The minimum atomic E-state index is -2.10. The molecule has 190 valence electrons. The molecule has 2 aromatic heterocycles. The van der Waals surface area contributed by atoms with Crippen LogP contribution < -0.4 is 9.64 Å². The van der Waals surface area contributed by atoms with Crippen molar-refractivity contribution in [1.82, 2.24) is 15.2 Å². The van der Waals surface area contributed by atoms with Gasteiger partial charge in [-0.15, -0.1) is 10.2 Å². The lowest BCUT2D eigenvalue weighted by molar-refractivity contribution is 0.148. The number of benzene rings is 1. The van der Waals surface area contributed by atoms with Gasteiger partial charge in [0.2, 0.25) is 11.8 Å². The van der Waals surface area contributed by atoms with Crippen molar-refractivity contribution in [3.63, 3.8) is 0 Å². The lowest BCUT2D eigenvalue weighted by Gasteiger charge is -2.44. The maximum atomic E-state index is 15.2. The number of aromatic nitrogens is 3. The Balaban J connectivity index is 1.39. The highest BCUT2D eigenvalue weighted by atomic mass is 19.1.